The molecular weight excluding hydrogens is 751 g/mol. The summed E-state index contributed by atoms with van der Waals surface area (Å²) in [5.74, 6) is 0. The van der Waals surface area contributed by atoms with E-state index in [1.165, 1.54) is 54.6 Å². The number of para-hydroxylation sites is 1. The summed E-state index contributed by atoms with van der Waals surface area (Å²) < 4.78 is 6.17. The Morgan fingerprint density at radius 3 is 1.58 bits per heavy atom. The minimum atomic E-state index is 0.901. The molecule has 1 heterocycles. The van der Waals surface area contributed by atoms with Gasteiger partial charge in [-0.05, 0) is 126 Å². The second kappa shape index (κ2) is 14.8. The van der Waals surface area contributed by atoms with Crippen molar-refractivity contribution in [2.45, 2.75) is 0 Å². The lowest BCUT2D eigenvalue weighted by Crippen LogP contribution is -2.11. The van der Waals surface area contributed by atoms with Crippen molar-refractivity contribution in [1.82, 2.24) is 0 Å². The van der Waals surface area contributed by atoms with E-state index in [9.17, 15) is 0 Å². The average Bonchev–Trinajstić information content (AvgIpc) is 3.72. The van der Waals surface area contributed by atoms with E-state index in [0.717, 1.165) is 61.3 Å². The Morgan fingerprint density at radius 1 is 0.258 bits per heavy atom. The molecule has 0 saturated heterocycles. The van der Waals surface area contributed by atoms with E-state index in [2.05, 4.69) is 229 Å². The van der Waals surface area contributed by atoms with Crippen molar-refractivity contribution in [3.63, 3.8) is 0 Å². The first kappa shape index (κ1) is 35.7. The summed E-state index contributed by atoms with van der Waals surface area (Å²) in [5.41, 5.74) is 14.4. The Balaban J connectivity index is 1.01. The molecule has 2 heteroatoms. The molecule has 0 unspecified atom stereocenters. The van der Waals surface area contributed by atoms with Crippen LogP contribution in [-0.4, -0.2) is 0 Å². The van der Waals surface area contributed by atoms with Gasteiger partial charge in [-0.3, -0.25) is 0 Å². The van der Waals surface area contributed by atoms with Crippen LogP contribution >= 0.6 is 0 Å². The molecule has 290 valence electrons. The highest BCUT2D eigenvalue weighted by molar-refractivity contribution is 6.09. The van der Waals surface area contributed by atoms with Crippen molar-refractivity contribution in [2.75, 3.05) is 4.90 Å². The highest BCUT2D eigenvalue weighted by Crippen LogP contribution is 2.45. The molecule has 2 nitrogen and oxygen atoms in total. The molecule has 0 radical (unpaired) electrons. The average molecular weight is 790 g/mol. The van der Waals surface area contributed by atoms with Crippen molar-refractivity contribution in [1.29, 1.82) is 0 Å². The number of furan rings is 1. The summed E-state index contributed by atoms with van der Waals surface area (Å²) in [6, 6.07) is 85.7. The molecule has 11 aromatic carbocycles. The highest BCUT2D eigenvalue weighted by Gasteiger charge is 2.20. The SMILES string of the molecule is c1ccc(-c2ccc(-c3cccc4ccccc34)cc2N(c2ccc(-c3ccc4c(ccc5ccccc54)c3)cc2)c2ccc(-c3ccc4oc5ccccc5c4c3)cc2)cc1. The summed E-state index contributed by atoms with van der Waals surface area (Å²) in [5, 5.41) is 9.78. The van der Waals surface area contributed by atoms with Crippen LogP contribution in [-0.2, 0) is 0 Å². The summed E-state index contributed by atoms with van der Waals surface area (Å²) in [6.07, 6.45) is 0. The summed E-state index contributed by atoms with van der Waals surface area (Å²) in [6.45, 7) is 0. The molecule has 0 spiro atoms. The van der Waals surface area contributed by atoms with Gasteiger partial charge < -0.3 is 9.32 Å². The van der Waals surface area contributed by atoms with Gasteiger partial charge in [0.25, 0.3) is 0 Å². The number of hydrogen-bond acceptors (Lipinski definition) is 2. The van der Waals surface area contributed by atoms with Gasteiger partial charge in [-0.1, -0.05) is 182 Å². The van der Waals surface area contributed by atoms with Crippen LogP contribution in [0.4, 0.5) is 17.1 Å². The first-order chi connectivity index (χ1) is 30.7. The van der Waals surface area contributed by atoms with Crippen molar-refractivity contribution < 1.29 is 4.42 Å². The Bertz CT molecular complexity index is 3610. The number of hydrogen-bond donors (Lipinski definition) is 0. The zero-order chi connectivity index (χ0) is 41.0. The van der Waals surface area contributed by atoms with Gasteiger partial charge >= 0.3 is 0 Å². The zero-order valence-electron chi connectivity index (χ0n) is 33.9. The maximum atomic E-state index is 6.17. The monoisotopic (exact) mass is 789 g/mol. The molecule has 0 saturated carbocycles. The third-order valence-electron chi connectivity index (χ3n) is 12.5. The van der Waals surface area contributed by atoms with Crippen LogP contribution in [0.5, 0.6) is 0 Å². The van der Waals surface area contributed by atoms with E-state index in [4.69, 9.17) is 4.42 Å². The number of fused-ring (bicyclic) bond motifs is 7. The van der Waals surface area contributed by atoms with Crippen molar-refractivity contribution >= 4 is 71.3 Å². The van der Waals surface area contributed by atoms with Crippen LogP contribution in [0.3, 0.4) is 0 Å². The molecule has 62 heavy (non-hydrogen) atoms. The van der Waals surface area contributed by atoms with Gasteiger partial charge in [-0.25, -0.2) is 0 Å². The molecule has 12 aromatic rings. The smallest absolute Gasteiger partial charge is 0.135 e. The van der Waals surface area contributed by atoms with Gasteiger partial charge in [0, 0.05) is 27.7 Å². The predicted octanol–water partition coefficient (Wildman–Crippen LogP) is 17.2. The summed E-state index contributed by atoms with van der Waals surface area (Å²) >= 11 is 0. The first-order valence-corrected chi connectivity index (χ1v) is 21.2. The second-order valence-electron chi connectivity index (χ2n) is 16.1. The topological polar surface area (TPSA) is 16.4 Å². The Morgan fingerprint density at radius 2 is 0.806 bits per heavy atom. The van der Waals surface area contributed by atoms with Crippen molar-refractivity contribution in [3.8, 4) is 44.5 Å². The van der Waals surface area contributed by atoms with Crippen LogP contribution in [0.15, 0.2) is 241 Å². The maximum Gasteiger partial charge on any atom is 0.135 e. The third kappa shape index (κ3) is 6.20. The van der Waals surface area contributed by atoms with E-state index in [1.54, 1.807) is 0 Å². The van der Waals surface area contributed by atoms with Crippen LogP contribution in [0.25, 0.3) is 98.8 Å². The predicted molar refractivity (Wildman–Crippen MR) is 263 cm³/mol. The van der Waals surface area contributed by atoms with Gasteiger partial charge in [-0.15, -0.1) is 0 Å². The van der Waals surface area contributed by atoms with Crippen molar-refractivity contribution in [2.24, 2.45) is 0 Å². The minimum Gasteiger partial charge on any atom is -0.456 e. The normalized spacial score (nSPS) is 11.5. The third-order valence-corrected chi connectivity index (χ3v) is 12.5. The molecule has 0 N–H and O–H groups in total. The fourth-order valence-corrected chi connectivity index (χ4v) is 9.35. The van der Waals surface area contributed by atoms with Crippen LogP contribution in [0.1, 0.15) is 0 Å². The van der Waals surface area contributed by atoms with Gasteiger partial charge in [0.05, 0.1) is 5.69 Å². The molecule has 0 aliphatic rings. The van der Waals surface area contributed by atoms with E-state index < -0.39 is 0 Å². The molecule has 0 atom stereocenters. The van der Waals surface area contributed by atoms with E-state index in [0.29, 0.717) is 0 Å². The van der Waals surface area contributed by atoms with Gasteiger partial charge in [-0.2, -0.15) is 0 Å². The number of rotatable bonds is 7. The van der Waals surface area contributed by atoms with Gasteiger partial charge in [0.15, 0.2) is 0 Å². The quantitative estimate of drug-likeness (QED) is 0.150. The standard InChI is InChI=1S/C60H39NO/c1-2-11-43(12-3-1)55-35-28-48(53-19-10-15-42-13-4-6-16-51(42)53)39-58(55)61(50-32-25-41(26-33-50)46-29-36-60-57(38-46)56-18-8-9-20-59(56)62-60)49-30-23-40(24-31-49)45-27-34-54-47(37-45)22-21-44-14-5-7-17-52(44)54/h1-39H. The van der Waals surface area contributed by atoms with Gasteiger partial charge in [0.2, 0.25) is 0 Å². The summed E-state index contributed by atoms with van der Waals surface area (Å²) in [4.78, 5) is 2.42. The minimum absolute atomic E-state index is 0.901. The molecular formula is C60H39NO. The van der Waals surface area contributed by atoms with E-state index in [-0.39, 0.29) is 0 Å². The van der Waals surface area contributed by atoms with Crippen LogP contribution in [0, 0.1) is 0 Å². The van der Waals surface area contributed by atoms with Gasteiger partial charge in [0.1, 0.15) is 11.2 Å². The fourth-order valence-electron chi connectivity index (χ4n) is 9.35. The highest BCUT2D eigenvalue weighted by atomic mass is 16.3. The fraction of sp³-hybridized carbons (Fsp3) is 0. The Labute approximate surface area is 360 Å². The summed E-state index contributed by atoms with van der Waals surface area (Å²) in [7, 11) is 0. The van der Waals surface area contributed by atoms with E-state index in [1.807, 2.05) is 12.1 Å². The lowest BCUT2D eigenvalue weighted by atomic mass is 9.94. The molecule has 0 amide bonds. The van der Waals surface area contributed by atoms with Crippen LogP contribution in [0.2, 0.25) is 0 Å². The maximum absolute atomic E-state index is 6.17. The second-order valence-corrected chi connectivity index (χ2v) is 16.1. The first-order valence-electron chi connectivity index (χ1n) is 21.2. The molecule has 0 fully saturated rings. The number of benzene rings is 11. The molecule has 0 bridgehead atoms. The molecule has 0 aliphatic carbocycles. The van der Waals surface area contributed by atoms with E-state index >= 15 is 0 Å². The largest absolute Gasteiger partial charge is 0.456 e. The van der Waals surface area contributed by atoms with Crippen LogP contribution < -0.4 is 4.90 Å². The lowest BCUT2D eigenvalue weighted by Gasteiger charge is -2.29. The number of anilines is 3. The Hall–Kier alpha value is -8.20. The number of nitrogens with zero attached hydrogens (tertiary/aromatic N) is 1. The lowest BCUT2D eigenvalue weighted by molar-refractivity contribution is 0.669. The Kier molecular flexibility index (Phi) is 8.53. The molecule has 12 rings (SSSR count). The molecule has 0 aliphatic heterocycles. The zero-order valence-corrected chi connectivity index (χ0v) is 33.9. The molecule has 1 aromatic heterocycles. The van der Waals surface area contributed by atoms with Crippen molar-refractivity contribution in [3.05, 3.63) is 237 Å².